The summed E-state index contributed by atoms with van der Waals surface area (Å²) in [5.74, 6) is 0. The monoisotopic (exact) mass is 1640 g/mol. The molecule has 9 aliphatic rings. The first-order valence-corrected chi connectivity index (χ1v) is 35.0. The Morgan fingerprint density at radius 2 is 0.405 bits per heavy atom. The molecular weight excluding hydrogens is 1540 g/mol. The third-order valence-electron chi connectivity index (χ3n) is 20.4. The van der Waals surface area contributed by atoms with Crippen LogP contribution in [0.4, 0.5) is 0 Å². The Bertz CT molecular complexity index is 2750. The van der Waals surface area contributed by atoms with Gasteiger partial charge in [0.25, 0.3) is 0 Å². The molecule has 0 aliphatic carbocycles. The van der Waals surface area contributed by atoms with Crippen molar-refractivity contribution in [1.29, 1.82) is 0 Å². The minimum Gasteiger partial charge on any atom is -0.394 e. The Labute approximate surface area is 625 Å². The van der Waals surface area contributed by atoms with Gasteiger partial charge in [-0.15, -0.1) is 0 Å². The molecule has 111 heavy (non-hydrogen) atoms. The minimum atomic E-state index is -2.33. The average molecular weight is 1640 g/mol. The van der Waals surface area contributed by atoms with E-state index in [2.05, 4.69) is 0 Å². The first-order valence-electron chi connectivity index (χ1n) is 35.0. The van der Waals surface area contributed by atoms with Gasteiger partial charge in [-0.1, -0.05) is 0 Å². The van der Waals surface area contributed by atoms with Crippen LogP contribution in [0.5, 0.6) is 0 Å². The van der Waals surface area contributed by atoms with E-state index in [1.165, 1.54) is 0 Å². The fourth-order valence-electron chi connectivity index (χ4n) is 14.0. The predicted molar refractivity (Wildman–Crippen MR) is 331 cm³/mol. The number of carbonyl (C=O) groups is 1. The topological polar surface area (TPSA) is 831 Å². The molecule has 0 spiro atoms. The summed E-state index contributed by atoms with van der Waals surface area (Å²) in [6, 6.07) is 0. The van der Waals surface area contributed by atoms with E-state index in [9.17, 15) is 168 Å². The summed E-state index contributed by atoms with van der Waals surface area (Å²) in [6.07, 6.45) is -101. The molecule has 0 amide bonds. The highest BCUT2D eigenvalue weighted by atomic mass is 16.8. The van der Waals surface area contributed by atoms with Gasteiger partial charge in [0.2, 0.25) is 0 Å². The highest BCUT2D eigenvalue weighted by Gasteiger charge is 2.61. The van der Waals surface area contributed by atoms with Crippen molar-refractivity contribution >= 4 is 6.29 Å². The van der Waals surface area contributed by atoms with Crippen molar-refractivity contribution in [3.63, 3.8) is 0 Å². The zero-order chi connectivity index (χ0) is 81.8. The number of aliphatic hydroxyl groups is 32. The summed E-state index contributed by atoms with van der Waals surface area (Å²) in [6.45, 7) is -10.9. The summed E-state index contributed by atoms with van der Waals surface area (Å²) < 4.78 is 101. The second kappa shape index (κ2) is 40.6. The van der Waals surface area contributed by atoms with Crippen LogP contribution in [0.1, 0.15) is 0 Å². The molecule has 9 aliphatic heterocycles. The first kappa shape index (κ1) is 92.6. The summed E-state index contributed by atoms with van der Waals surface area (Å²) >= 11 is 0. The van der Waals surface area contributed by atoms with Gasteiger partial charge in [-0.2, -0.15) is 0 Å². The number of ether oxygens (including phenoxy) is 18. The number of rotatable bonds is 32. The van der Waals surface area contributed by atoms with Crippen LogP contribution in [0.3, 0.4) is 0 Å². The molecule has 9 fully saturated rings. The number of hydrogen-bond donors (Lipinski definition) is 32. The van der Waals surface area contributed by atoms with Gasteiger partial charge in [-0.05, 0) is 0 Å². The zero-order valence-electron chi connectivity index (χ0n) is 58.0. The van der Waals surface area contributed by atoms with Crippen LogP contribution in [-0.2, 0) is 90.1 Å². The maximum Gasteiger partial charge on any atom is 0.187 e. The van der Waals surface area contributed by atoms with Crippen molar-refractivity contribution in [2.45, 2.75) is 301 Å². The smallest absolute Gasteiger partial charge is 0.187 e. The lowest BCUT2D eigenvalue weighted by Gasteiger charge is -2.50. The van der Waals surface area contributed by atoms with E-state index < -0.39 is 367 Å². The highest BCUT2D eigenvalue weighted by molar-refractivity contribution is 5.56. The van der Waals surface area contributed by atoms with Crippen LogP contribution in [-0.4, -0.2) is 537 Å². The van der Waals surface area contributed by atoms with Gasteiger partial charge in [-0.25, -0.2) is 0 Å². The molecule has 0 radical (unpaired) electrons. The maximum absolute atomic E-state index is 11.5. The van der Waals surface area contributed by atoms with Crippen LogP contribution >= 0.6 is 0 Å². The molecule has 49 atom stereocenters. The molecule has 0 aromatic rings. The van der Waals surface area contributed by atoms with Crippen molar-refractivity contribution in [2.24, 2.45) is 0 Å². The molecular formula is C60H102O51. The molecule has 0 unspecified atom stereocenters. The minimum absolute atomic E-state index is 0.149. The Balaban J connectivity index is 0.765. The standard InChI is InChI=1S/C60H102O51/c61-1-12(72)23(74)43(13(73)2-62)103-53-35(86)26(77)45(15(4-64)95-53)105-55-37(88)28(79)47(17(6-66)97-55)107-57-39(90)30(81)49(19(8-68)99-57)109-59-41(92)32(83)51(21(10-70)101-59)111-60-42(93)33(84)50(22(11-71)102-60)110-58-40(91)31(82)48(20(9-69)100-58)108-56-38(89)29(80)46(18(7-67)98-56)106-54-36(87)27(78)44(16(5-65)96-54)104-52-34(85)25(76)24(75)14(3-63)94-52/h1,12-60,62-93H,2-11H2/t12-,13+,14+,15+,16+,17+,18+,19+,20+,21+,22+,23+,24+,25-,26+,27+,28+,29+,30+,31+,32+,33+,34+,35+,36+,37+,38+,39+,40+,41+,42+,43+,44+,45+,46+,47+,48+,49+,50+,51+,52+,53+,54+,55+,56+,57+,58+,59+,60+/m0/s1. The van der Waals surface area contributed by atoms with Crippen molar-refractivity contribution in [2.75, 3.05) is 66.1 Å². The highest BCUT2D eigenvalue weighted by Crippen LogP contribution is 2.40. The molecule has 32 N–H and O–H groups in total. The van der Waals surface area contributed by atoms with Gasteiger partial charge in [-0.3, -0.25) is 0 Å². The number of carbonyl (C=O) groups excluding carboxylic acids is 1. The lowest BCUT2D eigenvalue weighted by molar-refractivity contribution is -0.400. The SMILES string of the molecule is O=C[C@H](O)[C@@H](O)[C@H](O[C@H]1O[C@H](CO)[C@@H](O[C@H]2O[C@H](CO)[C@@H](O[C@H]3O[C@H](CO)[C@@H](O[C@H]4O[C@H](CO)[C@@H](O[C@H]5O[C@H](CO)[C@@H](O[C@H]6O[C@H](CO)[C@@H](O[C@H]7O[C@H](CO)[C@@H](O[C@H]8O[C@H](CO)[C@@H](O[C@H]9O[C@H](CO)[C@@H](O)[C@H](O)[C@H]9O)[C@H](O)[C@H]8O)[C@H](O)[C@H]7O)[C@H](O)[C@H]6O)[C@H](O)[C@H]5O)[C@H](O)[C@H]4O)[C@H](O)[C@H]3O)[C@H](O)[C@H]2O)[C@H](O)[C@H]1O)[C@H](O)CO. The van der Waals surface area contributed by atoms with Crippen LogP contribution in [0.2, 0.25) is 0 Å². The molecule has 0 aromatic heterocycles. The van der Waals surface area contributed by atoms with Crippen molar-refractivity contribution < 1.29 is 253 Å². The lowest BCUT2D eigenvalue weighted by atomic mass is 9.95. The molecule has 9 heterocycles. The quantitative estimate of drug-likeness (QED) is 0.0278. The van der Waals surface area contributed by atoms with Crippen LogP contribution < -0.4 is 0 Å². The Kier molecular flexibility index (Phi) is 33.9. The van der Waals surface area contributed by atoms with E-state index >= 15 is 0 Å². The van der Waals surface area contributed by atoms with E-state index in [0.29, 0.717) is 0 Å². The fraction of sp³-hybridized carbons (Fsp3) is 0.983. The summed E-state index contributed by atoms with van der Waals surface area (Å²) in [7, 11) is 0. The number of hydrogen-bond acceptors (Lipinski definition) is 51. The van der Waals surface area contributed by atoms with Crippen LogP contribution in [0, 0.1) is 0 Å². The van der Waals surface area contributed by atoms with Gasteiger partial charge in [0, 0.05) is 0 Å². The van der Waals surface area contributed by atoms with E-state index in [1.807, 2.05) is 0 Å². The molecule has 51 heteroatoms. The molecule has 51 nitrogen and oxygen atoms in total. The second-order valence-corrected chi connectivity index (χ2v) is 27.6. The average Bonchev–Trinajstić information content (AvgIpc) is 0.773. The Morgan fingerprint density at radius 1 is 0.234 bits per heavy atom. The zero-order valence-corrected chi connectivity index (χ0v) is 58.0. The molecule has 0 bridgehead atoms. The van der Waals surface area contributed by atoms with E-state index in [0.717, 1.165) is 0 Å². The van der Waals surface area contributed by atoms with E-state index in [1.54, 1.807) is 0 Å². The Morgan fingerprint density at radius 3 is 0.586 bits per heavy atom. The van der Waals surface area contributed by atoms with E-state index in [-0.39, 0.29) is 6.29 Å². The normalized spacial score (nSPS) is 50.7. The lowest BCUT2D eigenvalue weighted by Crippen LogP contribution is -2.68. The largest absolute Gasteiger partial charge is 0.394 e. The van der Waals surface area contributed by atoms with Gasteiger partial charge >= 0.3 is 0 Å². The van der Waals surface area contributed by atoms with E-state index in [4.69, 9.17) is 85.3 Å². The summed E-state index contributed by atoms with van der Waals surface area (Å²) in [4.78, 5) is 11.1. The van der Waals surface area contributed by atoms with Crippen molar-refractivity contribution in [3.05, 3.63) is 0 Å². The molecule has 0 saturated carbocycles. The molecule has 9 saturated heterocycles. The fourth-order valence-corrected chi connectivity index (χ4v) is 14.0. The predicted octanol–water partition coefficient (Wildman–Crippen LogP) is -23.0. The van der Waals surface area contributed by atoms with Gasteiger partial charge < -0.3 is 253 Å². The molecule has 9 rings (SSSR count). The maximum atomic E-state index is 11.5. The van der Waals surface area contributed by atoms with Crippen molar-refractivity contribution in [1.82, 2.24) is 0 Å². The van der Waals surface area contributed by atoms with Gasteiger partial charge in [0.15, 0.2) is 62.9 Å². The third-order valence-corrected chi connectivity index (χ3v) is 20.4. The number of aliphatic hydroxyl groups excluding tert-OH is 32. The van der Waals surface area contributed by atoms with Gasteiger partial charge in [0.05, 0.1) is 66.1 Å². The summed E-state index contributed by atoms with van der Waals surface area (Å²) in [5.41, 5.74) is 0. The van der Waals surface area contributed by atoms with Crippen molar-refractivity contribution in [3.8, 4) is 0 Å². The van der Waals surface area contributed by atoms with Crippen LogP contribution in [0.15, 0.2) is 0 Å². The van der Waals surface area contributed by atoms with Crippen LogP contribution in [0.25, 0.3) is 0 Å². The van der Waals surface area contributed by atoms with Gasteiger partial charge in [0.1, 0.15) is 244 Å². The third kappa shape index (κ3) is 19.6. The Hall–Kier alpha value is -2.33. The first-order chi connectivity index (χ1) is 52.7. The summed E-state index contributed by atoms with van der Waals surface area (Å²) in [5, 5.41) is 344. The molecule has 0 aromatic carbocycles. The molecule has 648 valence electrons. The second-order valence-electron chi connectivity index (χ2n) is 27.6. The number of aldehydes is 1.